The molecule has 0 aliphatic heterocycles. The van der Waals surface area contributed by atoms with Gasteiger partial charge in [-0.25, -0.2) is 0 Å². The number of aliphatic carboxylic acids is 1. The number of carbonyl (C=O) groups is 2. The summed E-state index contributed by atoms with van der Waals surface area (Å²) in [6, 6.07) is 19.1. The number of thiol groups is 1. The van der Waals surface area contributed by atoms with Crippen LogP contribution in [-0.4, -0.2) is 41.9 Å². The van der Waals surface area contributed by atoms with E-state index < -0.39 is 18.4 Å². The third-order valence-electron chi connectivity index (χ3n) is 4.55. The minimum atomic E-state index is -1.09. The van der Waals surface area contributed by atoms with Crippen molar-refractivity contribution in [1.29, 1.82) is 0 Å². The number of fused-ring (bicyclic) bond motifs is 1. The van der Waals surface area contributed by atoms with Crippen LogP contribution in [0.3, 0.4) is 0 Å². The number of carbonyl (C=O) groups excluding carboxylic acids is 1. The lowest BCUT2D eigenvalue weighted by molar-refractivity contribution is -0.135. The lowest BCUT2D eigenvalue weighted by Crippen LogP contribution is -2.31. The molecule has 5 N–H and O–H groups in total. The van der Waals surface area contributed by atoms with Crippen LogP contribution in [-0.2, 0) is 4.79 Å². The van der Waals surface area contributed by atoms with Gasteiger partial charge in [-0.15, -0.1) is 0 Å². The zero-order valence-corrected chi connectivity index (χ0v) is 20.2. The zero-order valence-electron chi connectivity index (χ0n) is 19.3. The first-order valence-corrected chi connectivity index (χ1v) is 11.6. The number of nitrogens with two attached hydrogens (primary N) is 1. The topological polar surface area (TPSA) is 104 Å². The fourth-order valence-corrected chi connectivity index (χ4v) is 3.23. The minimum Gasteiger partial charge on any atom is -0.480 e. The molecule has 6 nitrogen and oxygen atoms in total. The number of benzene rings is 3. The SMILES string of the molecule is CC(C)C.N[C@@H](CS)CNc1ccc(C(=O)NCC(=O)O)c(-c2cccc3ccccc23)c1. The number of rotatable bonds is 8. The van der Waals surface area contributed by atoms with E-state index in [4.69, 9.17) is 10.8 Å². The van der Waals surface area contributed by atoms with E-state index in [0.717, 1.165) is 27.9 Å². The normalized spacial score (nSPS) is 11.5. The molecule has 3 aromatic rings. The fourth-order valence-electron chi connectivity index (χ4n) is 3.10. The zero-order chi connectivity index (χ0) is 24.4. The largest absolute Gasteiger partial charge is 0.480 e. The maximum atomic E-state index is 12.7. The van der Waals surface area contributed by atoms with Crippen LogP contribution in [0.2, 0.25) is 0 Å². The number of carboxylic acid groups (broad SMARTS) is 1. The van der Waals surface area contributed by atoms with E-state index in [9.17, 15) is 9.59 Å². The molecule has 0 aromatic heterocycles. The first-order chi connectivity index (χ1) is 15.7. The molecular weight excluding hydrogens is 434 g/mol. The predicted octanol–water partition coefficient (Wildman–Crippen LogP) is 4.65. The number of anilines is 1. The minimum absolute atomic E-state index is 0.0992. The van der Waals surface area contributed by atoms with Crippen molar-refractivity contribution < 1.29 is 14.7 Å². The van der Waals surface area contributed by atoms with Gasteiger partial charge in [-0.2, -0.15) is 12.6 Å². The molecule has 33 heavy (non-hydrogen) atoms. The van der Waals surface area contributed by atoms with E-state index in [1.165, 1.54) is 0 Å². The summed E-state index contributed by atoms with van der Waals surface area (Å²) in [7, 11) is 0. The number of carboxylic acids is 1. The average molecular weight is 468 g/mol. The molecule has 0 radical (unpaired) electrons. The molecule has 0 aliphatic rings. The van der Waals surface area contributed by atoms with Crippen molar-refractivity contribution in [2.24, 2.45) is 11.7 Å². The summed E-state index contributed by atoms with van der Waals surface area (Å²) in [5.41, 5.74) is 8.77. The molecule has 0 unspecified atom stereocenters. The summed E-state index contributed by atoms with van der Waals surface area (Å²) in [4.78, 5) is 23.5. The molecule has 0 saturated carbocycles. The van der Waals surface area contributed by atoms with Gasteiger partial charge in [0.1, 0.15) is 6.54 Å². The van der Waals surface area contributed by atoms with Gasteiger partial charge in [-0.1, -0.05) is 63.2 Å². The van der Waals surface area contributed by atoms with Gasteiger partial charge in [0.25, 0.3) is 5.91 Å². The molecule has 0 spiro atoms. The molecule has 1 amide bonds. The Balaban J connectivity index is 0.000000890. The number of hydrogen-bond donors (Lipinski definition) is 5. The van der Waals surface area contributed by atoms with Crippen molar-refractivity contribution in [1.82, 2.24) is 5.32 Å². The molecule has 3 aromatic carbocycles. The Morgan fingerprint density at radius 3 is 2.33 bits per heavy atom. The van der Waals surface area contributed by atoms with Crippen molar-refractivity contribution in [2.45, 2.75) is 26.8 Å². The Labute approximate surface area is 201 Å². The number of hydrogen-bond acceptors (Lipinski definition) is 5. The third kappa shape index (κ3) is 8.11. The van der Waals surface area contributed by atoms with Gasteiger partial charge in [0.05, 0.1) is 0 Å². The first kappa shape index (κ1) is 26.2. The van der Waals surface area contributed by atoms with Gasteiger partial charge in [-0.3, -0.25) is 9.59 Å². The molecule has 3 rings (SSSR count). The summed E-state index contributed by atoms with van der Waals surface area (Å²) in [5.74, 6) is -0.142. The van der Waals surface area contributed by atoms with Crippen molar-refractivity contribution in [3.63, 3.8) is 0 Å². The van der Waals surface area contributed by atoms with Crippen LogP contribution >= 0.6 is 12.6 Å². The van der Waals surface area contributed by atoms with Gasteiger partial charge in [0.2, 0.25) is 0 Å². The van der Waals surface area contributed by atoms with Gasteiger partial charge in [0, 0.05) is 29.6 Å². The Morgan fingerprint density at radius 2 is 1.67 bits per heavy atom. The highest BCUT2D eigenvalue weighted by Crippen LogP contribution is 2.33. The predicted molar refractivity (Wildman–Crippen MR) is 140 cm³/mol. The van der Waals surface area contributed by atoms with Crippen molar-refractivity contribution in [2.75, 3.05) is 24.2 Å². The van der Waals surface area contributed by atoms with Crippen LogP contribution in [0.1, 0.15) is 31.1 Å². The molecular formula is C26H33N3O3S. The van der Waals surface area contributed by atoms with E-state index in [2.05, 4.69) is 44.0 Å². The Morgan fingerprint density at radius 1 is 1.00 bits per heavy atom. The van der Waals surface area contributed by atoms with Gasteiger partial charge >= 0.3 is 5.97 Å². The fraction of sp³-hybridized carbons (Fsp3) is 0.308. The Bertz CT molecular complexity index is 1080. The Kier molecular flexibility index (Phi) is 10.2. The van der Waals surface area contributed by atoms with Crippen LogP contribution in [0, 0.1) is 5.92 Å². The van der Waals surface area contributed by atoms with Crippen LogP contribution in [0.4, 0.5) is 5.69 Å². The van der Waals surface area contributed by atoms with E-state index in [-0.39, 0.29) is 6.04 Å². The van der Waals surface area contributed by atoms with Crippen molar-refractivity contribution in [3.8, 4) is 11.1 Å². The van der Waals surface area contributed by atoms with Gasteiger partial charge in [-0.05, 0) is 46.0 Å². The van der Waals surface area contributed by atoms with E-state index in [1.807, 2.05) is 48.5 Å². The van der Waals surface area contributed by atoms with E-state index >= 15 is 0 Å². The standard InChI is InChI=1S/C22H23N3O3S.C4H10/c23-15(13-29)11-24-16-8-9-19(22(28)25-12-21(26)27)20(10-16)18-7-3-5-14-4-1-2-6-17(14)18;1-4(2)3/h1-10,15,24,29H,11-13,23H2,(H,25,28)(H,26,27);4H,1-3H3/t15-;/m1./s1. The summed E-state index contributed by atoms with van der Waals surface area (Å²) < 4.78 is 0. The number of amides is 1. The van der Waals surface area contributed by atoms with E-state index in [0.29, 0.717) is 23.4 Å². The molecule has 0 heterocycles. The lowest BCUT2D eigenvalue weighted by Gasteiger charge is -2.16. The smallest absolute Gasteiger partial charge is 0.322 e. The molecule has 176 valence electrons. The van der Waals surface area contributed by atoms with E-state index in [1.54, 1.807) is 12.1 Å². The van der Waals surface area contributed by atoms with Crippen molar-refractivity contribution >= 4 is 41.0 Å². The molecule has 1 atom stereocenters. The molecule has 0 bridgehead atoms. The maximum Gasteiger partial charge on any atom is 0.322 e. The second-order valence-electron chi connectivity index (χ2n) is 8.42. The number of nitrogens with one attached hydrogen (secondary N) is 2. The van der Waals surface area contributed by atoms with Crippen LogP contribution < -0.4 is 16.4 Å². The van der Waals surface area contributed by atoms with Gasteiger partial charge in [0.15, 0.2) is 0 Å². The highest BCUT2D eigenvalue weighted by Gasteiger charge is 2.16. The highest BCUT2D eigenvalue weighted by molar-refractivity contribution is 7.80. The molecule has 0 fully saturated rings. The second-order valence-corrected chi connectivity index (χ2v) is 8.78. The van der Waals surface area contributed by atoms with Crippen molar-refractivity contribution in [3.05, 3.63) is 66.2 Å². The highest BCUT2D eigenvalue weighted by atomic mass is 32.1. The summed E-state index contributed by atoms with van der Waals surface area (Å²) >= 11 is 4.20. The van der Waals surface area contributed by atoms with Gasteiger partial charge < -0.3 is 21.5 Å². The maximum absolute atomic E-state index is 12.7. The lowest BCUT2D eigenvalue weighted by atomic mass is 9.93. The quantitative estimate of drug-likeness (QED) is 0.310. The third-order valence-corrected chi connectivity index (χ3v) is 5.02. The second kappa shape index (κ2) is 12.9. The molecule has 0 aliphatic carbocycles. The van der Waals surface area contributed by atoms with Crippen LogP contribution in [0.15, 0.2) is 60.7 Å². The van der Waals surface area contributed by atoms with Crippen LogP contribution in [0.25, 0.3) is 21.9 Å². The average Bonchev–Trinajstić information content (AvgIpc) is 2.80. The Hall–Kier alpha value is -3.03. The molecule has 0 saturated heterocycles. The van der Waals surface area contributed by atoms with Crippen LogP contribution in [0.5, 0.6) is 0 Å². The summed E-state index contributed by atoms with van der Waals surface area (Å²) in [6.07, 6.45) is 0. The first-order valence-electron chi connectivity index (χ1n) is 11.0. The summed E-state index contributed by atoms with van der Waals surface area (Å²) in [5, 5.41) is 16.7. The molecule has 7 heteroatoms. The summed E-state index contributed by atoms with van der Waals surface area (Å²) in [6.45, 7) is 6.60. The monoisotopic (exact) mass is 467 g/mol.